The van der Waals surface area contributed by atoms with E-state index in [9.17, 15) is 4.79 Å². The normalized spacial score (nSPS) is 29.9. The van der Waals surface area contributed by atoms with Crippen molar-refractivity contribution in [3.8, 4) is 0 Å². The summed E-state index contributed by atoms with van der Waals surface area (Å²) >= 11 is 0. The van der Waals surface area contributed by atoms with Crippen LogP contribution in [-0.2, 0) is 9.53 Å². The molecule has 0 radical (unpaired) electrons. The molecule has 3 unspecified atom stereocenters. The van der Waals surface area contributed by atoms with Crippen molar-refractivity contribution in [2.24, 2.45) is 17.6 Å². The van der Waals surface area contributed by atoms with Crippen LogP contribution in [-0.4, -0.2) is 31.2 Å². The molecule has 0 saturated heterocycles. The summed E-state index contributed by atoms with van der Waals surface area (Å²) in [6, 6.07) is 0.167. The first-order chi connectivity index (χ1) is 8.76. The summed E-state index contributed by atoms with van der Waals surface area (Å²) in [4.78, 5) is 12.1. The van der Waals surface area contributed by atoms with Crippen LogP contribution >= 0.6 is 0 Å². The summed E-state index contributed by atoms with van der Waals surface area (Å²) in [7, 11) is 0. The van der Waals surface area contributed by atoms with E-state index >= 15 is 0 Å². The molecular formula is C14H26N2O2. The van der Waals surface area contributed by atoms with Gasteiger partial charge in [-0.05, 0) is 32.1 Å². The maximum Gasteiger partial charge on any atom is 0.226 e. The Hall–Kier alpha value is -0.610. The first-order valence-corrected chi connectivity index (χ1v) is 7.38. The Kier molecular flexibility index (Phi) is 5.01. The minimum absolute atomic E-state index is 0.0718. The molecule has 1 amide bonds. The second-order valence-electron chi connectivity index (χ2n) is 5.58. The summed E-state index contributed by atoms with van der Waals surface area (Å²) in [5.74, 6) is 0.800. The molecule has 3 N–H and O–H groups in total. The zero-order chi connectivity index (χ0) is 13.0. The molecule has 0 heterocycles. The molecule has 0 aliphatic heterocycles. The number of nitrogens with two attached hydrogens (primary N) is 1. The Morgan fingerprint density at radius 3 is 2.72 bits per heavy atom. The van der Waals surface area contributed by atoms with Crippen molar-refractivity contribution in [1.82, 2.24) is 5.32 Å². The average Bonchev–Trinajstić information content (AvgIpc) is 3.16. The van der Waals surface area contributed by atoms with Crippen LogP contribution in [0.15, 0.2) is 0 Å². The molecule has 0 aromatic rings. The lowest BCUT2D eigenvalue weighted by Crippen LogP contribution is -2.46. The molecule has 18 heavy (non-hydrogen) atoms. The van der Waals surface area contributed by atoms with E-state index in [0.29, 0.717) is 19.1 Å². The standard InChI is InChI=1S/C14H26N2O2/c1-2-18-13-8-11(13)14(17)16-12(9-15)10-6-4-3-5-7-10/h10-13H,2-9,15H2,1H3,(H,16,17). The quantitative estimate of drug-likeness (QED) is 0.754. The largest absolute Gasteiger partial charge is 0.378 e. The predicted octanol–water partition coefficient (Wildman–Crippen LogP) is 1.44. The summed E-state index contributed by atoms with van der Waals surface area (Å²) in [5, 5.41) is 3.14. The molecule has 2 rings (SSSR count). The minimum Gasteiger partial charge on any atom is -0.378 e. The van der Waals surface area contributed by atoms with Crippen molar-refractivity contribution in [3.05, 3.63) is 0 Å². The molecule has 2 fully saturated rings. The number of carbonyl (C=O) groups is 1. The molecule has 2 saturated carbocycles. The Balaban J connectivity index is 1.77. The van der Waals surface area contributed by atoms with Crippen molar-refractivity contribution in [2.75, 3.05) is 13.2 Å². The maximum atomic E-state index is 12.1. The number of rotatable bonds is 6. The lowest BCUT2D eigenvalue weighted by molar-refractivity contribution is -0.124. The fraction of sp³-hybridized carbons (Fsp3) is 0.929. The number of hydrogen-bond acceptors (Lipinski definition) is 3. The van der Waals surface area contributed by atoms with E-state index in [1.807, 2.05) is 6.92 Å². The number of ether oxygens (including phenoxy) is 1. The molecule has 0 aromatic heterocycles. The van der Waals surface area contributed by atoms with Crippen LogP contribution in [0.3, 0.4) is 0 Å². The second kappa shape index (κ2) is 6.53. The smallest absolute Gasteiger partial charge is 0.226 e. The highest BCUT2D eigenvalue weighted by molar-refractivity contribution is 5.82. The van der Waals surface area contributed by atoms with Crippen molar-refractivity contribution in [3.63, 3.8) is 0 Å². The maximum absolute atomic E-state index is 12.1. The van der Waals surface area contributed by atoms with Crippen molar-refractivity contribution >= 4 is 5.91 Å². The molecule has 0 bridgehead atoms. The lowest BCUT2D eigenvalue weighted by Gasteiger charge is -2.30. The van der Waals surface area contributed by atoms with Crippen LogP contribution in [0.1, 0.15) is 45.4 Å². The average molecular weight is 254 g/mol. The van der Waals surface area contributed by atoms with E-state index in [1.165, 1.54) is 32.1 Å². The molecule has 2 aliphatic carbocycles. The van der Waals surface area contributed by atoms with Crippen LogP contribution in [0.4, 0.5) is 0 Å². The highest BCUT2D eigenvalue weighted by Gasteiger charge is 2.44. The van der Waals surface area contributed by atoms with E-state index in [-0.39, 0.29) is 24.0 Å². The number of carbonyl (C=O) groups excluding carboxylic acids is 1. The molecule has 4 nitrogen and oxygen atoms in total. The van der Waals surface area contributed by atoms with Crippen LogP contribution in [0.5, 0.6) is 0 Å². The van der Waals surface area contributed by atoms with Gasteiger partial charge in [-0.25, -0.2) is 0 Å². The third-order valence-corrected chi connectivity index (χ3v) is 4.25. The molecule has 3 atom stereocenters. The number of amides is 1. The third kappa shape index (κ3) is 3.45. The van der Waals surface area contributed by atoms with E-state index in [0.717, 1.165) is 6.42 Å². The summed E-state index contributed by atoms with van der Waals surface area (Å²) < 4.78 is 5.46. The fourth-order valence-corrected chi connectivity index (χ4v) is 3.04. The van der Waals surface area contributed by atoms with Crippen molar-refractivity contribution < 1.29 is 9.53 Å². The van der Waals surface area contributed by atoms with Gasteiger partial charge in [-0.2, -0.15) is 0 Å². The van der Waals surface area contributed by atoms with Crippen LogP contribution < -0.4 is 11.1 Å². The van der Waals surface area contributed by atoms with Gasteiger partial charge in [-0.3, -0.25) is 4.79 Å². The van der Waals surface area contributed by atoms with Crippen molar-refractivity contribution in [2.45, 2.75) is 57.6 Å². The van der Waals surface area contributed by atoms with Gasteiger partial charge in [0.15, 0.2) is 0 Å². The highest BCUT2D eigenvalue weighted by Crippen LogP contribution is 2.34. The van der Waals surface area contributed by atoms with Crippen LogP contribution in [0.2, 0.25) is 0 Å². The summed E-state index contributed by atoms with van der Waals surface area (Å²) in [6.45, 7) is 3.22. The topological polar surface area (TPSA) is 64.3 Å². The van der Waals surface area contributed by atoms with Gasteiger partial charge in [0.25, 0.3) is 0 Å². The Bertz CT molecular complexity index is 277. The first kappa shape index (κ1) is 13.8. The van der Waals surface area contributed by atoms with Gasteiger partial charge < -0.3 is 15.8 Å². The molecule has 104 valence electrons. The zero-order valence-electron chi connectivity index (χ0n) is 11.4. The highest BCUT2D eigenvalue weighted by atomic mass is 16.5. The molecule has 0 aromatic carbocycles. The van der Waals surface area contributed by atoms with E-state index in [2.05, 4.69) is 5.32 Å². The SMILES string of the molecule is CCOC1CC1C(=O)NC(CN)C1CCCCC1. The van der Waals surface area contributed by atoms with E-state index in [1.54, 1.807) is 0 Å². The Labute approximate surface area is 110 Å². The minimum atomic E-state index is 0.0718. The van der Waals surface area contributed by atoms with Crippen LogP contribution in [0, 0.1) is 11.8 Å². The van der Waals surface area contributed by atoms with E-state index in [4.69, 9.17) is 10.5 Å². The number of nitrogens with one attached hydrogen (secondary N) is 1. The third-order valence-electron chi connectivity index (χ3n) is 4.25. The lowest BCUT2D eigenvalue weighted by atomic mass is 9.84. The second-order valence-corrected chi connectivity index (χ2v) is 5.58. The molecule has 4 heteroatoms. The molecule has 2 aliphatic rings. The van der Waals surface area contributed by atoms with Gasteiger partial charge in [0, 0.05) is 19.2 Å². The van der Waals surface area contributed by atoms with Gasteiger partial charge in [-0.1, -0.05) is 19.3 Å². The molecule has 0 spiro atoms. The number of hydrogen-bond donors (Lipinski definition) is 2. The summed E-state index contributed by atoms with van der Waals surface area (Å²) in [5.41, 5.74) is 5.82. The predicted molar refractivity (Wildman–Crippen MR) is 71.1 cm³/mol. The van der Waals surface area contributed by atoms with Gasteiger partial charge in [-0.15, -0.1) is 0 Å². The zero-order valence-corrected chi connectivity index (χ0v) is 11.4. The molecular weight excluding hydrogens is 228 g/mol. The van der Waals surface area contributed by atoms with Crippen molar-refractivity contribution in [1.29, 1.82) is 0 Å². The van der Waals surface area contributed by atoms with Crippen LogP contribution in [0.25, 0.3) is 0 Å². The monoisotopic (exact) mass is 254 g/mol. The first-order valence-electron chi connectivity index (χ1n) is 7.38. The Morgan fingerprint density at radius 2 is 2.11 bits per heavy atom. The van der Waals surface area contributed by atoms with E-state index < -0.39 is 0 Å². The summed E-state index contributed by atoms with van der Waals surface area (Å²) in [6.07, 6.45) is 7.34. The van der Waals surface area contributed by atoms with Gasteiger partial charge in [0.1, 0.15) is 0 Å². The van der Waals surface area contributed by atoms with Gasteiger partial charge in [0.05, 0.1) is 12.0 Å². The van der Waals surface area contributed by atoms with Gasteiger partial charge >= 0.3 is 0 Å². The van der Waals surface area contributed by atoms with Gasteiger partial charge in [0.2, 0.25) is 5.91 Å². The fourth-order valence-electron chi connectivity index (χ4n) is 3.04. The Morgan fingerprint density at radius 1 is 1.39 bits per heavy atom.